The molecule has 72 valence electrons. The molecule has 0 spiro atoms. The van der Waals surface area contributed by atoms with Crippen LogP contribution in [0.15, 0.2) is 48.1 Å². The summed E-state index contributed by atoms with van der Waals surface area (Å²) in [4.78, 5) is 0. The molecular formula is C14H16. The Labute approximate surface area is 85.7 Å². The van der Waals surface area contributed by atoms with Crippen molar-refractivity contribution in [2.45, 2.75) is 19.3 Å². The van der Waals surface area contributed by atoms with Gasteiger partial charge in [-0.25, -0.2) is 0 Å². The summed E-state index contributed by atoms with van der Waals surface area (Å²) < 4.78 is 0. The van der Waals surface area contributed by atoms with Gasteiger partial charge in [0.15, 0.2) is 0 Å². The van der Waals surface area contributed by atoms with Crippen molar-refractivity contribution in [3.05, 3.63) is 48.1 Å². The van der Waals surface area contributed by atoms with Crippen LogP contribution in [0.2, 0.25) is 0 Å². The molecule has 14 heavy (non-hydrogen) atoms. The summed E-state index contributed by atoms with van der Waals surface area (Å²) in [6.07, 6.45) is 20.2. The van der Waals surface area contributed by atoms with Crippen molar-refractivity contribution in [2.24, 2.45) is 17.8 Å². The highest BCUT2D eigenvalue weighted by Gasteiger charge is 2.28. The molecular weight excluding hydrogens is 168 g/mol. The Bertz CT molecular complexity index is 341. The normalized spacial score (nSPS) is 38.9. The number of rotatable bonds is 0. The van der Waals surface area contributed by atoms with Crippen LogP contribution in [0.25, 0.3) is 0 Å². The molecule has 3 atom stereocenters. The molecule has 3 aliphatic rings. The minimum atomic E-state index is 0.692. The predicted molar refractivity (Wildman–Crippen MR) is 59.8 cm³/mol. The number of fused-ring (bicyclic) bond motifs is 2. The molecule has 0 heterocycles. The van der Waals surface area contributed by atoms with Crippen molar-refractivity contribution in [2.75, 3.05) is 0 Å². The second-order valence-electron chi connectivity index (χ2n) is 4.60. The molecule has 0 N–H and O–H groups in total. The van der Waals surface area contributed by atoms with E-state index >= 15 is 0 Å². The van der Waals surface area contributed by atoms with E-state index in [0.717, 1.165) is 11.8 Å². The zero-order chi connectivity index (χ0) is 9.38. The van der Waals surface area contributed by atoms with Gasteiger partial charge in [0.1, 0.15) is 0 Å². The Morgan fingerprint density at radius 2 is 2.00 bits per heavy atom. The lowest BCUT2D eigenvalue weighted by molar-refractivity contribution is 0.382. The van der Waals surface area contributed by atoms with Crippen LogP contribution in [0.3, 0.4) is 0 Å². The van der Waals surface area contributed by atoms with E-state index in [1.54, 1.807) is 5.57 Å². The van der Waals surface area contributed by atoms with Crippen LogP contribution in [0, 0.1) is 17.8 Å². The smallest absolute Gasteiger partial charge is 0.00157 e. The molecule has 0 fully saturated rings. The van der Waals surface area contributed by atoms with Crippen LogP contribution >= 0.6 is 0 Å². The summed E-state index contributed by atoms with van der Waals surface area (Å²) in [6.45, 7) is 0. The zero-order valence-corrected chi connectivity index (χ0v) is 8.39. The Morgan fingerprint density at radius 3 is 3.00 bits per heavy atom. The average molecular weight is 184 g/mol. The van der Waals surface area contributed by atoms with E-state index in [0.29, 0.717) is 5.92 Å². The van der Waals surface area contributed by atoms with Crippen LogP contribution in [0.1, 0.15) is 19.3 Å². The van der Waals surface area contributed by atoms with Gasteiger partial charge in [0.05, 0.1) is 0 Å². The topological polar surface area (TPSA) is 0 Å². The second-order valence-corrected chi connectivity index (χ2v) is 4.60. The van der Waals surface area contributed by atoms with Crippen molar-refractivity contribution in [3.63, 3.8) is 0 Å². The average Bonchev–Trinajstić information content (AvgIpc) is 2.26. The van der Waals surface area contributed by atoms with E-state index in [2.05, 4.69) is 42.5 Å². The lowest BCUT2D eigenvalue weighted by Crippen LogP contribution is -2.23. The Balaban J connectivity index is 1.92. The van der Waals surface area contributed by atoms with Crippen LogP contribution in [-0.4, -0.2) is 0 Å². The maximum absolute atomic E-state index is 2.52. The monoisotopic (exact) mass is 184 g/mol. The van der Waals surface area contributed by atoms with E-state index < -0.39 is 0 Å². The Hall–Kier alpha value is -1.04. The first-order chi connectivity index (χ1) is 6.93. The molecule has 0 aliphatic heterocycles. The standard InChI is InChI=1S/C14H16/c1-2-6-12-10-14-8-4-3-7-13(14)9-11(12)5-1/h1-6,9,11-12,14H,7-8,10H2. The van der Waals surface area contributed by atoms with E-state index in [1.807, 2.05) is 0 Å². The van der Waals surface area contributed by atoms with Crippen molar-refractivity contribution in [1.29, 1.82) is 0 Å². The third-order valence-electron chi connectivity index (χ3n) is 3.73. The Morgan fingerprint density at radius 1 is 1.07 bits per heavy atom. The molecule has 3 aliphatic carbocycles. The van der Waals surface area contributed by atoms with E-state index in [4.69, 9.17) is 0 Å². The molecule has 0 saturated heterocycles. The highest BCUT2D eigenvalue weighted by Crippen LogP contribution is 2.41. The quantitative estimate of drug-likeness (QED) is 0.504. The summed E-state index contributed by atoms with van der Waals surface area (Å²) >= 11 is 0. The number of hydrogen-bond donors (Lipinski definition) is 0. The molecule has 0 nitrogen and oxygen atoms in total. The molecule has 0 heteroatoms. The molecule has 3 unspecified atom stereocenters. The third-order valence-corrected chi connectivity index (χ3v) is 3.73. The summed E-state index contributed by atoms with van der Waals surface area (Å²) in [7, 11) is 0. The zero-order valence-electron chi connectivity index (χ0n) is 8.39. The third kappa shape index (κ3) is 1.30. The summed E-state index contributed by atoms with van der Waals surface area (Å²) in [6, 6.07) is 0. The van der Waals surface area contributed by atoms with Crippen LogP contribution in [0.4, 0.5) is 0 Å². The molecule has 3 rings (SSSR count). The SMILES string of the molecule is C1=CC2C=C3CC=CCC3CC2C=C1. The van der Waals surface area contributed by atoms with Gasteiger partial charge in [-0.3, -0.25) is 0 Å². The first-order valence-corrected chi connectivity index (χ1v) is 5.64. The fraction of sp³-hybridized carbons (Fsp3) is 0.429. The van der Waals surface area contributed by atoms with Gasteiger partial charge in [0.25, 0.3) is 0 Å². The largest absolute Gasteiger partial charge is 0.0876 e. The minimum absolute atomic E-state index is 0.692. The van der Waals surface area contributed by atoms with Gasteiger partial charge in [-0.15, -0.1) is 0 Å². The second kappa shape index (κ2) is 3.27. The maximum atomic E-state index is 2.52. The summed E-state index contributed by atoms with van der Waals surface area (Å²) in [5.41, 5.74) is 1.69. The van der Waals surface area contributed by atoms with Gasteiger partial charge in [0, 0.05) is 5.92 Å². The molecule has 0 radical (unpaired) electrons. The summed E-state index contributed by atoms with van der Waals surface area (Å²) in [5.74, 6) is 2.32. The highest BCUT2D eigenvalue weighted by atomic mass is 14.3. The Kier molecular flexibility index (Phi) is 1.93. The van der Waals surface area contributed by atoms with E-state index in [9.17, 15) is 0 Å². The molecule has 0 amide bonds. The van der Waals surface area contributed by atoms with Crippen molar-refractivity contribution in [1.82, 2.24) is 0 Å². The van der Waals surface area contributed by atoms with E-state index in [1.165, 1.54) is 19.3 Å². The fourth-order valence-corrected chi connectivity index (χ4v) is 2.91. The predicted octanol–water partition coefficient (Wildman–Crippen LogP) is 3.64. The fourth-order valence-electron chi connectivity index (χ4n) is 2.91. The van der Waals surface area contributed by atoms with Gasteiger partial charge in [-0.1, -0.05) is 48.1 Å². The molecule has 0 aromatic carbocycles. The van der Waals surface area contributed by atoms with Gasteiger partial charge in [-0.05, 0) is 31.1 Å². The van der Waals surface area contributed by atoms with Gasteiger partial charge >= 0.3 is 0 Å². The number of allylic oxidation sites excluding steroid dienone is 8. The van der Waals surface area contributed by atoms with Crippen LogP contribution < -0.4 is 0 Å². The lowest BCUT2D eigenvalue weighted by atomic mass is 9.70. The number of hydrogen-bond acceptors (Lipinski definition) is 0. The minimum Gasteiger partial charge on any atom is -0.0876 e. The molecule has 0 saturated carbocycles. The van der Waals surface area contributed by atoms with Crippen LogP contribution in [-0.2, 0) is 0 Å². The highest BCUT2D eigenvalue weighted by molar-refractivity contribution is 5.28. The van der Waals surface area contributed by atoms with Gasteiger partial charge in [-0.2, -0.15) is 0 Å². The van der Waals surface area contributed by atoms with Gasteiger partial charge in [0.2, 0.25) is 0 Å². The molecule has 0 bridgehead atoms. The van der Waals surface area contributed by atoms with Gasteiger partial charge < -0.3 is 0 Å². The van der Waals surface area contributed by atoms with E-state index in [-0.39, 0.29) is 0 Å². The first-order valence-electron chi connectivity index (χ1n) is 5.64. The van der Waals surface area contributed by atoms with Crippen molar-refractivity contribution in [3.8, 4) is 0 Å². The van der Waals surface area contributed by atoms with Crippen LogP contribution in [0.5, 0.6) is 0 Å². The van der Waals surface area contributed by atoms with Crippen molar-refractivity contribution >= 4 is 0 Å². The molecule has 0 aromatic rings. The van der Waals surface area contributed by atoms with Crippen molar-refractivity contribution < 1.29 is 0 Å². The first kappa shape index (κ1) is 8.28. The summed E-state index contributed by atoms with van der Waals surface area (Å²) in [5, 5.41) is 0. The maximum Gasteiger partial charge on any atom is 0.00157 e. The molecule has 0 aromatic heterocycles. The lowest BCUT2D eigenvalue weighted by Gasteiger charge is -2.35.